The van der Waals surface area contributed by atoms with Crippen molar-refractivity contribution in [1.82, 2.24) is 14.8 Å². The molecule has 2 fully saturated rings. The van der Waals surface area contributed by atoms with Gasteiger partial charge in [-0.15, -0.1) is 0 Å². The predicted octanol–water partition coefficient (Wildman–Crippen LogP) is 3.93. The zero-order valence-corrected chi connectivity index (χ0v) is 16.0. The number of hydrogen-bond donors (Lipinski definition) is 0. The molecule has 27 heavy (non-hydrogen) atoms. The summed E-state index contributed by atoms with van der Waals surface area (Å²) in [5.41, 5.74) is -0.415. The number of alkyl halides is 3. The summed E-state index contributed by atoms with van der Waals surface area (Å²) in [5, 5.41) is 0. The first kappa shape index (κ1) is 19.9. The summed E-state index contributed by atoms with van der Waals surface area (Å²) in [6, 6.07) is 2.53. The van der Waals surface area contributed by atoms with Crippen LogP contribution in [0.4, 0.5) is 18.0 Å². The Labute approximate surface area is 157 Å². The number of piperidine rings is 1. The molecular weight excluding hydrogens is 359 g/mol. The topological polar surface area (TPSA) is 45.7 Å². The normalized spacial score (nSPS) is 20.4. The van der Waals surface area contributed by atoms with Crippen molar-refractivity contribution >= 4 is 6.09 Å². The average Bonchev–Trinajstić information content (AvgIpc) is 2.51. The fourth-order valence-electron chi connectivity index (χ4n) is 3.64. The van der Waals surface area contributed by atoms with E-state index in [0.717, 1.165) is 38.2 Å². The molecule has 1 aromatic rings. The lowest BCUT2D eigenvalue weighted by molar-refractivity contribution is -0.137. The Balaban J connectivity index is 1.46. The van der Waals surface area contributed by atoms with E-state index in [2.05, 4.69) is 9.88 Å². The molecule has 3 rings (SSSR count). The molecule has 5 nitrogen and oxygen atoms in total. The van der Waals surface area contributed by atoms with Crippen LogP contribution in [0.2, 0.25) is 0 Å². The Kier molecular flexibility index (Phi) is 5.14. The maximum Gasteiger partial charge on any atom is 0.417 e. The van der Waals surface area contributed by atoms with Crippen molar-refractivity contribution in [2.75, 3.05) is 26.2 Å². The largest absolute Gasteiger partial charge is 0.444 e. The molecule has 1 aromatic heterocycles. The molecule has 150 valence electrons. The molecular formula is C19H26F3N3O2. The van der Waals surface area contributed by atoms with Crippen molar-refractivity contribution in [2.45, 2.75) is 51.9 Å². The first-order valence-corrected chi connectivity index (χ1v) is 9.18. The molecule has 0 bridgehead atoms. The van der Waals surface area contributed by atoms with Gasteiger partial charge in [-0.05, 0) is 58.8 Å². The van der Waals surface area contributed by atoms with E-state index in [1.807, 2.05) is 20.8 Å². The minimum atomic E-state index is -4.35. The van der Waals surface area contributed by atoms with Gasteiger partial charge >= 0.3 is 12.3 Å². The number of likely N-dealkylation sites (tertiary alicyclic amines) is 2. The van der Waals surface area contributed by atoms with Gasteiger partial charge in [0.25, 0.3) is 0 Å². The lowest BCUT2D eigenvalue weighted by Gasteiger charge is -2.53. The van der Waals surface area contributed by atoms with Gasteiger partial charge in [-0.2, -0.15) is 13.2 Å². The number of hydrogen-bond acceptors (Lipinski definition) is 4. The van der Waals surface area contributed by atoms with Crippen LogP contribution in [0.5, 0.6) is 0 Å². The van der Waals surface area contributed by atoms with Gasteiger partial charge in [-0.25, -0.2) is 4.79 Å². The van der Waals surface area contributed by atoms with Gasteiger partial charge in [-0.3, -0.25) is 9.88 Å². The molecule has 2 aliphatic rings. The number of carbonyl (C=O) groups is 1. The summed E-state index contributed by atoms with van der Waals surface area (Å²) < 4.78 is 43.2. The van der Waals surface area contributed by atoms with Crippen LogP contribution in [-0.2, 0) is 17.5 Å². The standard InChI is InChI=1S/C19H26F3N3O2/c1-17(2,3)27-16(26)25-12-18(13-25)6-8-24(9-7-18)11-15-5-4-14(10-23-15)19(20,21)22/h4-5,10H,6-9,11-13H2,1-3H3. The van der Waals surface area contributed by atoms with E-state index in [0.29, 0.717) is 25.3 Å². The van der Waals surface area contributed by atoms with E-state index in [1.165, 1.54) is 6.07 Å². The Morgan fingerprint density at radius 3 is 2.30 bits per heavy atom. The van der Waals surface area contributed by atoms with Gasteiger partial charge < -0.3 is 9.64 Å². The second-order valence-corrected chi connectivity index (χ2v) is 8.65. The SMILES string of the molecule is CC(C)(C)OC(=O)N1CC2(CCN(Cc3ccc(C(F)(F)F)cn3)CC2)C1. The van der Waals surface area contributed by atoms with Crippen molar-refractivity contribution in [3.8, 4) is 0 Å². The van der Waals surface area contributed by atoms with Gasteiger partial charge in [0.2, 0.25) is 0 Å². The first-order chi connectivity index (χ1) is 12.5. The number of carbonyl (C=O) groups excluding carboxylic acids is 1. The van der Waals surface area contributed by atoms with Gasteiger partial charge in [0.05, 0.1) is 11.3 Å². The molecule has 0 atom stereocenters. The molecule has 0 unspecified atom stereocenters. The summed E-state index contributed by atoms with van der Waals surface area (Å²) in [4.78, 5) is 20.0. The second-order valence-electron chi connectivity index (χ2n) is 8.65. The lowest BCUT2D eigenvalue weighted by atomic mass is 9.72. The molecule has 8 heteroatoms. The fraction of sp³-hybridized carbons (Fsp3) is 0.684. The van der Waals surface area contributed by atoms with Gasteiger partial charge in [0.1, 0.15) is 5.60 Å². The van der Waals surface area contributed by atoms with Crippen LogP contribution in [0, 0.1) is 5.41 Å². The van der Waals surface area contributed by atoms with Gasteiger partial charge in [0, 0.05) is 31.2 Å². The zero-order valence-electron chi connectivity index (χ0n) is 16.0. The number of pyridine rings is 1. The van der Waals surface area contributed by atoms with Crippen molar-refractivity contribution < 1.29 is 22.7 Å². The quantitative estimate of drug-likeness (QED) is 0.774. The third-order valence-electron chi connectivity index (χ3n) is 5.16. The minimum Gasteiger partial charge on any atom is -0.444 e. The van der Waals surface area contributed by atoms with Crippen LogP contribution in [0.1, 0.15) is 44.9 Å². The average molecular weight is 385 g/mol. The molecule has 1 spiro atoms. The highest BCUT2D eigenvalue weighted by molar-refractivity contribution is 5.69. The highest BCUT2D eigenvalue weighted by atomic mass is 19.4. The zero-order chi connectivity index (χ0) is 19.9. The number of nitrogens with zero attached hydrogens (tertiary/aromatic N) is 3. The van der Waals surface area contributed by atoms with E-state index >= 15 is 0 Å². The number of ether oxygens (including phenoxy) is 1. The Bertz CT molecular complexity index is 667. The minimum absolute atomic E-state index is 0.154. The fourth-order valence-corrected chi connectivity index (χ4v) is 3.64. The maximum absolute atomic E-state index is 12.6. The highest BCUT2D eigenvalue weighted by Gasteiger charge is 2.47. The van der Waals surface area contributed by atoms with E-state index < -0.39 is 17.3 Å². The smallest absolute Gasteiger partial charge is 0.417 e. The van der Waals surface area contributed by atoms with Crippen molar-refractivity contribution in [2.24, 2.45) is 5.41 Å². The summed E-state index contributed by atoms with van der Waals surface area (Å²) in [6.45, 7) is 9.25. The van der Waals surface area contributed by atoms with Crippen LogP contribution in [0.25, 0.3) is 0 Å². The van der Waals surface area contributed by atoms with Crippen molar-refractivity contribution in [3.05, 3.63) is 29.6 Å². The summed E-state index contributed by atoms with van der Waals surface area (Å²) >= 11 is 0. The monoisotopic (exact) mass is 385 g/mol. The van der Waals surface area contributed by atoms with Crippen molar-refractivity contribution in [3.63, 3.8) is 0 Å². The first-order valence-electron chi connectivity index (χ1n) is 9.18. The Hall–Kier alpha value is -1.83. The molecule has 1 amide bonds. The molecule has 0 radical (unpaired) electrons. The van der Waals surface area contributed by atoms with E-state index in [9.17, 15) is 18.0 Å². The van der Waals surface area contributed by atoms with E-state index in [-0.39, 0.29) is 11.5 Å². The van der Waals surface area contributed by atoms with Crippen LogP contribution in [0.3, 0.4) is 0 Å². The van der Waals surface area contributed by atoms with Crippen LogP contribution < -0.4 is 0 Å². The molecule has 0 saturated carbocycles. The maximum atomic E-state index is 12.6. The van der Waals surface area contributed by atoms with Crippen LogP contribution in [-0.4, -0.2) is 52.7 Å². The third kappa shape index (κ3) is 4.91. The third-order valence-corrected chi connectivity index (χ3v) is 5.16. The van der Waals surface area contributed by atoms with Gasteiger partial charge in [0.15, 0.2) is 0 Å². The summed E-state index contributed by atoms with van der Waals surface area (Å²) in [6.07, 6.45) is -1.79. The lowest BCUT2D eigenvalue weighted by Crippen LogP contribution is -2.62. The second kappa shape index (κ2) is 6.96. The highest BCUT2D eigenvalue weighted by Crippen LogP contribution is 2.41. The molecule has 2 aliphatic heterocycles. The summed E-state index contributed by atoms with van der Waals surface area (Å²) in [7, 11) is 0. The van der Waals surface area contributed by atoms with E-state index in [1.54, 1.807) is 4.90 Å². The predicted molar refractivity (Wildman–Crippen MR) is 94.0 cm³/mol. The van der Waals surface area contributed by atoms with Crippen LogP contribution >= 0.6 is 0 Å². The molecule has 0 aliphatic carbocycles. The van der Waals surface area contributed by atoms with Gasteiger partial charge in [-0.1, -0.05) is 0 Å². The van der Waals surface area contributed by atoms with Crippen LogP contribution in [0.15, 0.2) is 18.3 Å². The van der Waals surface area contributed by atoms with Crippen molar-refractivity contribution in [1.29, 1.82) is 0 Å². The number of amides is 1. The molecule has 3 heterocycles. The Morgan fingerprint density at radius 2 is 1.81 bits per heavy atom. The number of rotatable bonds is 2. The molecule has 0 aromatic carbocycles. The number of halogens is 3. The molecule has 2 saturated heterocycles. The summed E-state index contributed by atoms with van der Waals surface area (Å²) in [5.74, 6) is 0. The number of aromatic nitrogens is 1. The molecule has 0 N–H and O–H groups in total. The Morgan fingerprint density at radius 1 is 1.19 bits per heavy atom. The van der Waals surface area contributed by atoms with E-state index in [4.69, 9.17) is 4.74 Å².